The Bertz CT molecular complexity index is 666. The van der Waals surface area contributed by atoms with Gasteiger partial charge in [0.1, 0.15) is 5.75 Å². The van der Waals surface area contributed by atoms with E-state index in [9.17, 15) is 9.90 Å². The molecule has 0 saturated carbocycles. The number of nitrogens with zero attached hydrogens (tertiary/aromatic N) is 2. The summed E-state index contributed by atoms with van der Waals surface area (Å²) in [6.07, 6.45) is 2.79. The van der Waals surface area contributed by atoms with Crippen LogP contribution in [0.2, 0.25) is 0 Å². The molecule has 144 valence electrons. The number of likely N-dealkylation sites (N-methyl/N-ethyl adjacent to an activating group) is 1. The third-order valence-electron chi connectivity index (χ3n) is 6.17. The van der Waals surface area contributed by atoms with E-state index in [0.29, 0.717) is 18.2 Å². The van der Waals surface area contributed by atoms with Crippen LogP contribution < -0.4 is 5.32 Å². The molecule has 0 aromatic heterocycles. The van der Waals surface area contributed by atoms with Crippen molar-refractivity contribution in [2.75, 3.05) is 39.8 Å². The summed E-state index contributed by atoms with van der Waals surface area (Å²) in [7, 11) is 2.12. The molecule has 2 aliphatic rings. The normalized spacial score (nSPS) is 22.2. The Morgan fingerprint density at radius 1 is 1.35 bits per heavy atom. The van der Waals surface area contributed by atoms with E-state index >= 15 is 0 Å². The Balaban J connectivity index is 1.72. The number of hydrogen-bond acceptors (Lipinski definition) is 4. The Kier molecular flexibility index (Phi) is 5.88. The minimum atomic E-state index is -0.0623. The van der Waals surface area contributed by atoms with E-state index in [1.165, 1.54) is 11.1 Å². The molecule has 2 atom stereocenters. The van der Waals surface area contributed by atoms with Gasteiger partial charge in [-0.05, 0) is 55.8 Å². The van der Waals surface area contributed by atoms with Crippen molar-refractivity contribution in [3.8, 4) is 5.75 Å². The van der Waals surface area contributed by atoms with Crippen LogP contribution in [0.25, 0.3) is 0 Å². The lowest BCUT2D eigenvalue weighted by atomic mass is 9.90. The van der Waals surface area contributed by atoms with Gasteiger partial charge in [-0.1, -0.05) is 19.9 Å². The minimum absolute atomic E-state index is 0.0623. The molecule has 3 rings (SSSR count). The monoisotopic (exact) mass is 359 g/mol. The highest BCUT2D eigenvalue weighted by molar-refractivity contribution is 5.79. The highest BCUT2D eigenvalue weighted by Gasteiger charge is 2.31. The van der Waals surface area contributed by atoms with Crippen LogP contribution >= 0.6 is 0 Å². The number of aromatic hydroxyl groups is 1. The molecule has 1 aromatic rings. The second kappa shape index (κ2) is 7.97. The zero-order valence-corrected chi connectivity index (χ0v) is 16.6. The van der Waals surface area contributed by atoms with Gasteiger partial charge >= 0.3 is 0 Å². The molecule has 2 N–H and O–H groups in total. The fourth-order valence-electron chi connectivity index (χ4n) is 4.23. The van der Waals surface area contributed by atoms with Gasteiger partial charge in [-0.2, -0.15) is 0 Å². The maximum Gasteiger partial charge on any atom is 0.234 e. The summed E-state index contributed by atoms with van der Waals surface area (Å²) in [5, 5.41) is 14.1. The average Bonchev–Trinajstić information content (AvgIpc) is 3.04. The summed E-state index contributed by atoms with van der Waals surface area (Å²) in [5.41, 5.74) is 4.44. The third-order valence-corrected chi connectivity index (χ3v) is 6.17. The van der Waals surface area contributed by atoms with Gasteiger partial charge in [0.2, 0.25) is 5.91 Å². The standard InChI is InChI=1S/C21H33N3O2/c1-5-14(2)17-12-15(3)16-6-7-18(20(16)21(17)26)22-19(25)13-24-10-8-23(4)9-11-24/h12,14,18,26H,5-11,13H2,1-4H3,(H,22,25). The quantitative estimate of drug-likeness (QED) is 0.848. The van der Waals surface area contributed by atoms with E-state index in [1.807, 2.05) is 0 Å². The predicted octanol–water partition coefficient (Wildman–Crippen LogP) is 2.57. The first-order valence-corrected chi connectivity index (χ1v) is 9.96. The van der Waals surface area contributed by atoms with Gasteiger partial charge in [0.05, 0.1) is 12.6 Å². The highest BCUT2D eigenvalue weighted by Crippen LogP contribution is 2.43. The molecule has 1 heterocycles. The van der Waals surface area contributed by atoms with Gasteiger partial charge in [-0.15, -0.1) is 0 Å². The van der Waals surface area contributed by atoms with E-state index in [4.69, 9.17) is 0 Å². The number of aryl methyl sites for hydroxylation is 1. The molecule has 1 fully saturated rings. The number of rotatable bonds is 5. The van der Waals surface area contributed by atoms with Crippen LogP contribution in [0.5, 0.6) is 5.75 Å². The van der Waals surface area contributed by atoms with E-state index < -0.39 is 0 Å². The Labute approximate surface area is 157 Å². The molecule has 1 aliphatic carbocycles. The highest BCUT2D eigenvalue weighted by atomic mass is 16.3. The van der Waals surface area contributed by atoms with Crippen molar-refractivity contribution >= 4 is 5.91 Å². The number of carbonyl (C=O) groups excluding carboxylic acids is 1. The maximum absolute atomic E-state index is 12.6. The number of carbonyl (C=O) groups is 1. The van der Waals surface area contributed by atoms with E-state index in [0.717, 1.165) is 56.6 Å². The van der Waals surface area contributed by atoms with Crippen LogP contribution in [-0.2, 0) is 11.2 Å². The zero-order chi connectivity index (χ0) is 18.8. The van der Waals surface area contributed by atoms with Crippen molar-refractivity contribution in [3.63, 3.8) is 0 Å². The van der Waals surface area contributed by atoms with Crippen molar-refractivity contribution < 1.29 is 9.90 Å². The lowest BCUT2D eigenvalue weighted by molar-refractivity contribution is -0.123. The van der Waals surface area contributed by atoms with Gasteiger partial charge in [0.25, 0.3) is 0 Å². The number of benzene rings is 1. The van der Waals surface area contributed by atoms with E-state index in [-0.39, 0.29) is 11.9 Å². The second-order valence-electron chi connectivity index (χ2n) is 8.07. The topological polar surface area (TPSA) is 55.8 Å². The molecule has 0 spiro atoms. The molecule has 5 nitrogen and oxygen atoms in total. The number of phenolic OH excluding ortho intramolecular Hbond substituents is 1. The molecule has 5 heteroatoms. The number of nitrogens with one attached hydrogen (secondary N) is 1. The molecule has 1 amide bonds. The zero-order valence-electron chi connectivity index (χ0n) is 16.6. The van der Waals surface area contributed by atoms with Crippen LogP contribution in [0, 0.1) is 6.92 Å². The van der Waals surface area contributed by atoms with Gasteiger partial charge in [0.15, 0.2) is 0 Å². The molecular formula is C21H33N3O2. The number of fused-ring (bicyclic) bond motifs is 1. The van der Waals surface area contributed by atoms with Crippen molar-refractivity contribution in [1.82, 2.24) is 15.1 Å². The molecule has 2 unspecified atom stereocenters. The summed E-state index contributed by atoms with van der Waals surface area (Å²) >= 11 is 0. The molecule has 1 saturated heterocycles. The summed E-state index contributed by atoms with van der Waals surface area (Å²) in [6.45, 7) is 10.8. The lowest BCUT2D eigenvalue weighted by Crippen LogP contribution is -2.48. The Morgan fingerprint density at radius 3 is 2.69 bits per heavy atom. The number of piperazine rings is 1. The molecule has 1 aliphatic heterocycles. The van der Waals surface area contributed by atoms with Crippen LogP contribution in [-0.4, -0.2) is 60.6 Å². The first-order valence-electron chi connectivity index (χ1n) is 9.96. The average molecular weight is 360 g/mol. The maximum atomic E-state index is 12.6. The second-order valence-corrected chi connectivity index (χ2v) is 8.07. The smallest absolute Gasteiger partial charge is 0.234 e. The third kappa shape index (κ3) is 3.89. The number of hydrogen-bond donors (Lipinski definition) is 2. The van der Waals surface area contributed by atoms with Crippen LogP contribution in [0.1, 0.15) is 60.9 Å². The molecule has 0 radical (unpaired) electrons. The first-order chi connectivity index (χ1) is 12.4. The Morgan fingerprint density at radius 2 is 2.04 bits per heavy atom. The molecule has 26 heavy (non-hydrogen) atoms. The van der Waals surface area contributed by atoms with Gasteiger partial charge < -0.3 is 15.3 Å². The fraction of sp³-hybridized carbons (Fsp3) is 0.667. The summed E-state index contributed by atoms with van der Waals surface area (Å²) in [5.74, 6) is 0.794. The first kappa shape index (κ1) is 19.2. The minimum Gasteiger partial charge on any atom is -0.507 e. The summed E-state index contributed by atoms with van der Waals surface area (Å²) in [6, 6.07) is 2.07. The largest absolute Gasteiger partial charge is 0.507 e. The van der Waals surface area contributed by atoms with E-state index in [2.05, 4.69) is 49.0 Å². The van der Waals surface area contributed by atoms with Crippen LogP contribution in [0.3, 0.4) is 0 Å². The number of phenols is 1. The summed E-state index contributed by atoms with van der Waals surface area (Å²) in [4.78, 5) is 17.1. The van der Waals surface area contributed by atoms with Crippen LogP contribution in [0.4, 0.5) is 0 Å². The SMILES string of the molecule is CCC(C)c1cc(C)c2c(c1O)C(NC(=O)CN1CCN(C)CC1)CC2. The van der Waals surface area contributed by atoms with Crippen LogP contribution in [0.15, 0.2) is 6.07 Å². The molecule has 0 bridgehead atoms. The lowest BCUT2D eigenvalue weighted by Gasteiger charge is -2.32. The summed E-state index contributed by atoms with van der Waals surface area (Å²) < 4.78 is 0. The van der Waals surface area contributed by atoms with Crippen molar-refractivity contribution in [3.05, 3.63) is 28.3 Å². The number of amides is 1. The van der Waals surface area contributed by atoms with Crippen molar-refractivity contribution in [1.29, 1.82) is 0 Å². The van der Waals surface area contributed by atoms with Crippen molar-refractivity contribution in [2.24, 2.45) is 0 Å². The predicted molar refractivity (Wildman–Crippen MR) is 105 cm³/mol. The van der Waals surface area contributed by atoms with Gasteiger partial charge in [0, 0.05) is 31.7 Å². The Hall–Kier alpha value is -1.59. The van der Waals surface area contributed by atoms with Gasteiger partial charge in [-0.3, -0.25) is 9.69 Å². The van der Waals surface area contributed by atoms with Crippen molar-refractivity contribution in [2.45, 2.75) is 52.0 Å². The van der Waals surface area contributed by atoms with E-state index in [1.54, 1.807) is 0 Å². The molecule has 1 aromatic carbocycles. The molecular weight excluding hydrogens is 326 g/mol. The fourth-order valence-corrected chi connectivity index (χ4v) is 4.23. The van der Waals surface area contributed by atoms with Gasteiger partial charge in [-0.25, -0.2) is 0 Å².